The molecule has 1 aliphatic rings. The number of carbonyl (C=O) groups is 3. The second-order valence-electron chi connectivity index (χ2n) is 6.18. The number of ether oxygens (including phenoxy) is 1. The van der Waals surface area contributed by atoms with Gasteiger partial charge in [-0.1, -0.05) is 36.5 Å². The van der Waals surface area contributed by atoms with Crippen molar-refractivity contribution in [2.24, 2.45) is 0 Å². The van der Waals surface area contributed by atoms with Crippen molar-refractivity contribution in [2.45, 2.75) is 32.2 Å². The van der Waals surface area contributed by atoms with Gasteiger partial charge in [0, 0.05) is 28.8 Å². The minimum atomic E-state index is -0.870. The summed E-state index contributed by atoms with van der Waals surface area (Å²) in [6.07, 6.45) is 1.50. The molecule has 0 aromatic heterocycles. The number of piperazine rings is 1. The van der Waals surface area contributed by atoms with E-state index in [0.717, 1.165) is 12.8 Å². The molecule has 0 spiro atoms. The minimum absolute atomic E-state index is 0.0503. The highest BCUT2D eigenvalue weighted by molar-refractivity contribution is 6.35. The van der Waals surface area contributed by atoms with E-state index in [9.17, 15) is 14.4 Å². The Labute approximate surface area is 168 Å². The monoisotopic (exact) mass is 415 g/mol. The van der Waals surface area contributed by atoms with Crippen molar-refractivity contribution in [3.63, 3.8) is 0 Å². The molecule has 2 rings (SSSR count). The van der Waals surface area contributed by atoms with Gasteiger partial charge in [0.1, 0.15) is 6.04 Å². The topological polar surface area (TPSA) is 87.7 Å². The van der Waals surface area contributed by atoms with Gasteiger partial charge < -0.3 is 20.3 Å². The van der Waals surface area contributed by atoms with Crippen LogP contribution in [0.15, 0.2) is 18.2 Å². The van der Waals surface area contributed by atoms with Crippen molar-refractivity contribution >= 4 is 46.7 Å². The summed E-state index contributed by atoms with van der Waals surface area (Å²) < 4.78 is 5.12. The van der Waals surface area contributed by atoms with Crippen molar-refractivity contribution < 1.29 is 19.1 Å². The number of hydrogen-bond donors (Lipinski definition) is 2. The van der Waals surface area contributed by atoms with Gasteiger partial charge in [-0.15, -0.1) is 0 Å². The Morgan fingerprint density at radius 3 is 2.67 bits per heavy atom. The molecule has 7 nitrogen and oxygen atoms in total. The van der Waals surface area contributed by atoms with Crippen LogP contribution in [0.1, 0.15) is 26.2 Å². The molecule has 27 heavy (non-hydrogen) atoms. The number of halogens is 2. The largest absolute Gasteiger partial charge is 0.466 e. The molecule has 1 heterocycles. The van der Waals surface area contributed by atoms with E-state index < -0.39 is 12.0 Å². The van der Waals surface area contributed by atoms with Gasteiger partial charge in [-0.25, -0.2) is 0 Å². The molecular formula is C18H23Cl2N3O4. The van der Waals surface area contributed by atoms with Gasteiger partial charge in [0.2, 0.25) is 11.8 Å². The third-order valence-corrected chi connectivity index (χ3v) is 4.51. The van der Waals surface area contributed by atoms with E-state index in [1.165, 1.54) is 4.90 Å². The Kier molecular flexibility index (Phi) is 8.19. The number of hydrogen-bond acceptors (Lipinski definition) is 5. The van der Waals surface area contributed by atoms with Crippen molar-refractivity contribution in [1.82, 2.24) is 10.2 Å². The van der Waals surface area contributed by atoms with Crippen LogP contribution in [-0.4, -0.2) is 55.0 Å². The van der Waals surface area contributed by atoms with Crippen LogP contribution in [-0.2, 0) is 19.1 Å². The number of unbranched alkanes of at least 4 members (excludes halogenated alkanes) is 1. The molecule has 0 bridgehead atoms. The summed E-state index contributed by atoms with van der Waals surface area (Å²) in [4.78, 5) is 38.1. The summed E-state index contributed by atoms with van der Waals surface area (Å²) in [6.45, 7) is 2.92. The number of carbonyl (C=O) groups excluding carboxylic acids is 3. The summed E-state index contributed by atoms with van der Waals surface area (Å²) in [5.74, 6) is -1.14. The fourth-order valence-corrected chi connectivity index (χ4v) is 3.22. The van der Waals surface area contributed by atoms with E-state index in [1.807, 2.05) is 6.92 Å². The van der Waals surface area contributed by atoms with E-state index in [0.29, 0.717) is 35.4 Å². The van der Waals surface area contributed by atoms with Crippen LogP contribution >= 0.6 is 23.2 Å². The number of nitrogens with zero attached hydrogens (tertiary/aromatic N) is 1. The molecule has 1 unspecified atom stereocenters. The minimum Gasteiger partial charge on any atom is -0.466 e. The SMILES string of the molecule is CCCCOC(=O)CC1C(=O)NCCN1C(=O)CNc1cc(Cl)cc(Cl)c1. The van der Waals surface area contributed by atoms with Crippen LogP contribution in [0, 0.1) is 0 Å². The highest BCUT2D eigenvalue weighted by atomic mass is 35.5. The van der Waals surface area contributed by atoms with E-state index in [1.54, 1.807) is 18.2 Å². The van der Waals surface area contributed by atoms with Crippen LogP contribution in [0.25, 0.3) is 0 Å². The zero-order valence-corrected chi connectivity index (χ0v) is 16.6. The van der Waals surface area contributed by atoms with Gasteiger partial charge in [-0.3, -0.25) is 14.4 Å². The molecule has 0 radical (unpaired) electrons. The lowest BCUT2D eigenvalue weighted by molar-refractivity contribution is -0.151. The molecule has 1 aliphatic heterocycles. The van der Waals surface area contributed by atoms with Crippen LogP contribution in [0.3, 0.4) is 0 Å². The fraction of sp³-hybridized carbons (Fsp3) is 0.500. The van der Waals surface area contributed by atoms with Crippen LogP contribution in [0.4, 0.5) is 5.69 Å². The summed E-state index contributed by atoms with van der Waals surface area (Å²) in [5.41, 5.74) is 0.595. The number of rotatable bonds is 8. The smallest absolute Gasteiger partial charge is 0.308 e. The molecule has 0 saturated carbocycles. The predicted molar refractivity (Wildman–Crippen MR) is 104 cm³/mol. The lowest BCUT2D eigenvalue weighted by atomic mass is 10.1. The highest BCUT2D eigenvalue weighted by Crippen LogP contribution is 2.22. The highest BCUT2D eigenvalue weighted by Gasteiger charge is 2.34. The van der Waals surface area contributed by atoms with Crippen LogP contribution in [0.2, 0.25) is 10.0 Å². The van der Waals surface area contributed by atoms with Crippen molar-refractivity contribution in [2.75, 3.05) is 31.6 Å². The van der Waals surface area contributed by atoms with Gasteiger partial charge in [0.05, 0.1) is 19.6 Å². The van der Waals surface area contributed by atoms with E-state index >= 15 is 0 Å². The van der Waals surface area contributed by atoms with Gasteiger partial charge in [-0.2, -0.15) is 0 Å². The average molecular weight is 416 g/mol. The van der Waals surface area contributed by atoms with E-state index in [2.05, 4.69) is 10.6 Å². The van der Waals surface area contributed by atoms with Crippen molar-refractivity contribution in [3.8, 4) is 0 Å². The first-order valence-electron chi connectivity index (χ1n) is 8.83. The quantitative estimate of drug-likeness (QED) is 0.502. The zero-order chi connectivity index (χ0) is 19.8. The molecule has 1 saturated heterocycles. The first-order chi connectivity index (χ1) is 12.9. The predicted octanol–water partition coefficient (Wildman–Crippen LogP) is 2.47. The second kappa shape index (κ2) is 10.4. The Morgan fingerprint density at radius 2 is 2.00 bits per heavy atom. The third-order valence-electron chi connectivity index (χ3n) is 4.08. The molecule has 2 amide bonds. The first kappa shape index (κ1) is 21.3. The molecule has 148 valence electrons. The summed E-state index contributed by atoms with van der Waals surface area (Å²) in [6, 6.07) is 4.01. The average Bonchev–Trinajstić information content (AvgIpc) is 2.61. The number of benzene rings is 1. The van der Waals surface area contributed by atoms with Crippen molar-refractivity contribution in [3.05, 3.63) is 28.2 Å². The molecular weight excluding hydrogens is 393 g/mol. The maximum Gasteiger partial charge on any atom is 0.308 e. The number of anilines is 1. The lowest BCUT2D eigenvalue weighted by Crippen LogP contribution is -2.58. The standard InChI is InChI=1S/C18H23Cl2N3O4/c1-2-3-6-27-17(25)10-15-18(26)21-4-5-23(15)16(24)11-22-14-8-12(19)7-13(20)9-14/h7-9,15,22H,2-6,10-11H2,1H3,(H,21,26). The Bertz CT molecular complexity index is 679. The molecule has 1 aromatic carbocycles. The van der Waals surface area contributed by atoms with Gasteiger partial charge in [-0.05, 0) is 24.6 Å². The normalized spacial score (nSPS) is 16.6. The molecule has 0 aliphatic carbocycles. The number of amides is 2. The zero-order valence-electron chi connectivity index (χ0n) is 15.1. The Balaban J connectivity index is 1.96. The van der Waals surface area contributed by atoms with E-state index in [4.69, 9.17) is 27.9 Å². The molecule has 9 heteroatoms. The maximum absolute atomic E-state index is 12.6. The van der Waals surface area contributed by atoms with Gasteiger partial charge >= 0.3 is 5.97 Å². The van der Waals surface area contributed by atoms with Crippen LogP contribution < -0.4 is 10.6 Å². The summed E-state index contributed by atoms with van der Waals surface area (Å²) in [5, 5.41) is 6.52. The second-order valence-corrected chi connectivity index (χ2v) is 7.06. The van der Waals surface area contributed by atoms with Gasteiger partial charge in [0.25, 0.3) is 0 Å². The summed E-state index contributed by atoms with van der Waals surface area (Å²) >= 11 is 11.9. The molecule has 1 aromatic rings. The van der Waals surface area contributed by atoms with Crippen molar-refractivity contribution in [1.29, 1.82) is 0 Å². The van der Waals surface area contributed by atoms with Gasteiger partial charge in [0.15, 0.2) is 0 Å². The Hall–Kier alpha value is -1.99. The molecule has 2 N–H and O–H groups in total. The molecule has 1 atom stereocenters. The number of nitrogens with one attached hydrogen (secondary N) is 2. The maximum atomic E-state index is 12.6. The van der Waals surface area contributed by atoms with E-state index in [-0.39, 0.29) is 24.8 Å². The number of esters is 1. The van der Waals surface area contributed by atoms with Crippen LogP contribution in [0.5, 0.6) is 0 Å². The third kappa shape index (κ3) is 6.59. The lowest BCUT2D eigenvalue weighted by Gasteiger charge is -2.34. The molecule has 1 fully saturated rings. The summed E-state index contributed by atoms with van der Waals surface area (Å²) in [7, 11) is 0. The fourth-order valence-electron chi connectivity index (χ4n) is 2.70. The Morgan fingerprint density at radius 1 is 1.30 bits per heavy atom. The first-order valence-corrected chi connectivity index (χ1v) is 9.59.